The van der Waals surface area contributed by atoms with E-state index in [1.54, 1.807) is 0 Å². The Balaban J connectivity index is 1.61. The minimum Gasteiger partial charge on any atom is -0.508 e. The zero-order chi connectivity index (χ0) is 19.2. The molecule has 0 aliphatic heterocycles. The molecule has 3 nitrogen and oxygen atoms in total. The number of aryl methyl sites for hydroxylation is 2. The van der Waals surface area contributed by atoms with E-state index in [0.29, 0.717) is 29.9 Å². The van der Waals surface area contributed by atoms with Gasteiger partial charge in [0.1, 0.15) is 11.9 Å². The minimum absolute atomic E-state index is 0.0438. The highest BCUT2D eigenvalue weighted by molar-refractivity contribution is 5.69. The van der Waals surface area contributed by atoms with E-state index in [0.717, 1.165) is 37.7 Å². The van der Waals surface area contributed by atoms with Crippen molar-refractivity contribution in [2.75, 3.05) is 0 Å². The van der Waals surface area contributed by atoms with E-state index >= 15 is 0 Å². The molecule has 148 valence electrons. The van der Waals surface area contributed by atoms with Gasteiger partial charge in [0.15, 0.2) is 0 Å². The average Bonchev–Trinajstić information content (AvgIpc) is 2.98. The molecule has 4 unspecified atom stereocenters. The van der Waals surface area contributed by atoms with Crippen molar-refractivity contribution in [2.24, 2.45) is 17.3 Å². The summed E-state index contributed by atoms with van der Waals surface area (Å²) in [7, 11) is 0. The van der Waals surface area contributed by atoms with Crippen LogP contribution in [0.25, 0.3) is 0 Å². The van der Waals surface area contributed by atoms with Gasteiger partial charge in [-0.1, -0.05) is 33.3 Å². The molecule has 3 aliphatic carbocycles. The highest BCUT2D eigenvalue weighted by atomic mass is 16.5. The molecule has 3 aliphatic rings. The second kappa shape index (κ2) is 7.14. The molecule has 1 aromatic rings. The first-order chi connectivity index (χ1) is 13.0. The van der Waals surface area contributed by atoms with Crippen LogP contribution in [0.5, 0.6) is 5.75 Å². The Bertz CT molecular complexity index is 725. The van der Waals surface area contributed by atoms with Crippen molar-refractivity contribution in [3.8, 4) is 5.75 Å². The molecule has 0 heterocycles. The molecule has 0 bridgehead atoms. The first kappa shape index (κ1) is 18.8. The van der Waals surface area contributed by atoms with Gasteiger partial charge >= 0.3 is 5.97 Å². The summed E-state index contributed by atoms with van der Waals surface area (Å²) in [6.45, 7) is 6.43. The summed E-state index contributed by atoms with van der Waals surface area (Å²) in [4.78, 5) is 11.9. The van der Waals surface area contributed by atoms with Gasteiger partial charge < -0.3 is 9.84 Å². The number of rotatable bonds is 4. The Labute approximate surface area is 163 Å². The molecule has 0 spiro atoms. The predicted molar refractivity (Wildman–Crippen MR) is 107 cm³/mol. The molecular formula is C24H34O3. The predicted octanol–water partition coefficient (Wildman–Crippen LogP) is 5.52. The number of aromatic hydroxyl groups is 1. The standard InChI is InChI=1S/C24H34O3/c1-4-6-16-13-19-15(14-21(16)25)7-8-18-17(19)11-12-24(3)20(18)9-10-22(24)27-23(26)5-2/h13-14,17-18,20,22,25H,4-12H2,1-3H3/t17?,18?,20?,22?,24-/m0/s1. The van der Waals surface area contributed by atoms with Gasteiger partial charge in [0.05, 0.1) is 0 Å². The summed E-state index contributed by atoms with van der Waals surface area (Å²) in [5, 5.41) is 10.4. The van der Waals surface area contributed by atoms with Crippen LogP contribution in [0.1, 0.15) is 88.3 Å². The van der Waals surface area contributed by atoms with E-state index in [4.69, 9.17) is 4.74 Å². The Hall–Kier alpha value is -1.51. The SMILES string of the molecule is CCCc1cc2c(cc1O)CCC1C2CC[C@]2(C)C(OC(=O)CC)CCC12. The maximum absolute atomic E-state index is 11.9. The molecule has 0 aromatic heterocycles. The van der Waals surface area contributed by atoms with Crippen molar-refractivity contribution in [2.45, 2.75) is 90.6 Å². The fourth-order valence-electron chi connectivity index (χ4n) is 6.51. The van der Waals surface area contributed by atoms with Crippen molar-refractivity contribution in [1.82, 2.24) is 0 Å². The Morgan fingerprint density at radius 2 is 2.04 bits per heavy atom. The van der Waals surface area contributed by atoms with Gasteiger partial charge in [0.2, 0.25) is 0 Å². The number of carbonyl (C=O) groups is 1. The lowest BCUT2D eigenvalue weighted by molar-refractivity contribution is -0.157. The second-order valence-electron chi connectivity index (χ2n) is 9.30. The van der Waals surface area contributed by atoms with Crippen molar-refractivity contribution >= 4 is 5.97 Å². The molecule has 0 radical (unpaired) electrons. The lowest BCUT2D eigenvalue weighted by Crippen LogP contribution is -2.45. The van der Waals surface area contributed by atoms with Crippen LogP contribution in [0.2, 0.25) is 0 Å². The van der Waals surface area contributed by atoms with E-state index in [1.807, 2.05) is 13.0 Å². The highest BCUT2D eigenvalue weighted by Crippen LogP contribution is 2.61. The molecule has 4 rings (SSSR count). The maximum Gasteiger partial charge on any atom is 0.305 e. The van der Waals surface area contributed by atoms with E-state index in [1.165, 1.54) is 30.4 Å². The molecule has 2 saturated carbocycles. The molecule has 3 heteroatoms. The monoisotopic (exact) mass is 370 g/mol. The zero-order valence-corrected chi connectivity index (χ0v) is 17.1. The van der Waals surface area contributed by atoms with Crippen LogP contribution in [-0.2, 0) is 22.4 Å². The molecule has 0 saturated heterocycles. The summed E-state index contributed by atoms with van der Waals surface area (Å²) in [6.07, 6.45) is 9.41. The molecule has 2 fully saturated rings. The topological polar surface area (TPSA) is 46.5 Å². The van der Waals surface area contributed by atoms with Gasteiger partial charge in [-0.15, -0.1) is 0 Å². The number of hydrogen-bond acceptors (Lipinski definition) is 3. The number of ether oxygens (including phenoxy) is 1. The summed E-state index contributed by atoms with van der Waals surface area (Å²) < 4.78 is 5.88. The molecule has 5 atom stereocenters. The minimum atomic E-state index is -0.0438. The summed E-state index contributed by atoms with van der Waals surface area (Å²) >= 11 is 0. The van der Waals surface area contributed by atoms with Crippen molar-refractivity contribution in [3.05, 3.63) is 28.8 Å². The number of benzene rings is 1. The van der Waals surface area contributed by atoms with Gasteiger partial charge in [-0.3, -0.25) is 4.79 Å². The Morgan fingerprint density at radius 3 is 2.78 bits per heavy atom. The number of fused-ring (bicyclic) bond motifs is 5. The third kappa shape index (κ3) is 3.07. The number of esters is 1. The number of carbonyl (C=O) groups excluding carboxylic acids is 1. The average molecular weight is 371 g/mol. The van der Waals surface area contributed by atoms with Gasteiger partial charge in [0, 0.05) is 11.8 Å². The van der Waals surface area contributed by atoms with Crippen LogP contribution in [0.3, 0.4) is 0 Å². The van der Waals surface area contributed by atoms with Crippen LogP contribution in [-0.4, -0.2) is 17.2 Å². The smallest absolute Gasteiger partial charge is 0.305 e. The van der Waals surface area contributed by atoms with Crippen molar-refractivity contribution in [3.63, 3.8) is 0 Å². The van der Waals surface area contributed by atoms with Gasteiger partial charge in [-0.2, -0.15) is 0 Å². The Morgan fingerprint density at radius 1 is 1.22 bits per heavy atom. The summed E-state index contributed by atoms with van der Waals surface area (Å²) in [6, 6.07) is 4.36. The molecular weight excluding hydrogens is 336 g/mol. The van der Waals surface area contributed by atoms with Gasteiger partial charge in [-0.25, -0.2) is 0 Å². The fraction of sp³-hybridized carbons (Fsp3) is 0.708. The fourth-order valence-corrected chi connectivity index (χ4v) is 6.51. The van der Waals surface area contributed by atoms with E-state index in [9.17, 15) is 9.90 Å². The lowest BCUT2D eigenvalue weighted by atomic mass is 9.55. The third-order valence-corrected chi connectivity index (χ3v) is 7.92. The number of phenols is 1. The third-order valence-electron chi connectivity index (χ3n) is 7.92. The first-order valence-electron chi connectivity index (χ1n) is 11.0. The molecule has 1 aromatic carbocycles. The van der Waals surface area contributed by atoms with E-state index in [2.05, 4.69) is 19.9 Å². The molecule has 0 amide bonds. The van der Waals surface area contributed by atoms with Crippen LogP contribution in [0.4, 0.5) is 0 Å². The Kier molecular flexibility index (Phi) is 4.98. The van der Waals surface area contributed by atoms with Crippen molar-refractivity contribution < 1.29 is 14.6 Å². The van der Waals surface area contributed by atoms with Crippen LogP contribution in [0, 0.1) is 17.3 Å². The first-order valence-corrected chi connectivity index (χ1v) is 11.0. The quantitative estimate of drug-likeness (QED) is 0.710. The maximum atomic E-state index is 11.9. The van der Waals surface area contributed by atoms with E-state index < -0.39 is 0 Å². The highest BCUT2D eigenvalue weighted by Gasteiger charge is 2.56. The number of hydrogen-bond donors (Lipinski definition) is 1. The van der Waals surface area contributed by atoms with Crippen LogP contribution >= 0.6 is 0 Å². The van der Waals surface area contributed by atoms with Crippen LogP contribution < -0.4 is 0 Å². The zero-order valence-electron chi connectivity index (χ0n) is 17.1. The summed E-state index contributed by atoms with van der Waals surface area (Å²) in [5.74, 6) is 2.41. The molecule has 27 heavy (non-hydrogen) atoms. The lowest BCUT2D eigenvalue weighted by Gasteiger charge is -2.50. The largest absolute Gasteiger partial charge is 0.508 e. The number of phenolic OH excluding ortho intramolecular Hbond substituents is 1. The second-order valence-corrected chi connectivity index (χ2v) is 9.30. The van der Waals surface area contributed by atoms with E-state index in [-0.39, 0.29) is 17.5 Å². The van der Waals surface area contributed by atoms with Crippen molar-refractivity contribution in [1.29, 1.82) is 0 Å². The molecule has 1 N–H and O–H groups in total. The summed E-state index contributed by atoms with van der Waals surface area (Å²) in [5.41, 5.74) is 4.13. The van der Waals surface area contributed by atoms with Crippen LogP contribution in [0.15, 0.2) is 12.1 Å². The normalized spacial score (nSPS) is 34.5. The van der Waals surface area contributed by atoms with Gasteiger partial charge in [-0.05, 0) is 85.5 Å². The van der Waals surface area contributed by atoms with Gasteiger partial charge in [0.25, 0.3) is 0 Å².